The van der Waals surface area contributed by atoms with Crippen LogP contribution in [-0.4, -0.2) is 25.5 Å². The normalized spacial score (nSPS) is 10.6. The van der Waals surface area contributed by atoms with Crippen LogP contribution in [0, 0.1) is 17.1 Å². The van der Waals surface area contributed by atoms with Gasteiger partial charge in [-0.2, -0.15) is 0 Å². The second kappa shape index (κ2) is 10.2. The summed E-state index contributed by atoms with van der Waals surface area (Å²) in [4.78, 5) is 12.6. The Morgan fingerprint density at radius 1 is 1.25 bits per heavy atom. The third-order valence-electron chi connectivity index (χ3n) is 4.18. The van der Waals surface area contributed by atoms with Crippen LogP contribution in [-0.2, 0) is 12.8 Å². The van der Waals surface area contributed by atoms with Gasteiger partial charge < -0.3 is 10.1 Å². The van der Waals surface area contributed by atoms with Crippen LogP contribution in [0.2, 0.25) is 0 Å². The number of hydrogen-bond donors (Lipinski definition) is 3. The van der Waals surface area contributed by atoms with Crippen molar-refractivity contribution in [1.82, 2.24) is 10.6 Å². The van der Waals surface area contributed by atoms with Crippen LogP contribution < -0.4 is 15.4 Å². The Kier molecular flexibility index (Phi) is 7.99. The van der Waals surface area contributed by atoms with E-state index in [1.54, 1.807) is 13.2 Å². The Morgan fingerprint density at radius 2 is 2.00 bits per heavy atom. The molecular weight excluding hydrogens is 425 g/mol. The highest BCUT2D eigenvalue weighted by Crippen LogP contribution is 2.25. The van der Waals surface area contributed by atoms with E-state index in [2.05, 4.69) is 26.6 Å². The number of hydrogen-bond acceptors (Lipinski definition) is 3. The van der Waals surface area contributed by atoms with Crippen molar-refractivity contribution in [2.75, 3.05) is 13.7 Å². The predicted octanol–water partition coefficient (Wildman–Crippen LogP) is 4.29. The lowest BCUT2D eigenvalue weighted by Gasteiger charge is -2.14. The molecule has 0 aliphatic rings. The van der Waals surface area contributed by atoms with Gasteiger partial charge in [-0.05, 0) is 54.7 Å². The number of benzene rings is 2. The lowest BCUT2D eigenvalue weighted by molar-refractivity contribution is 0.0974. The Morgan fingerprint density at radius 3 is 2.68 bits per heavy atom. The second-order valence-electron chi connectivity index (χ2n) is 6.83. The molecule has 0 heterocycles. The minimum absolute atomic E-state index is 0.0948. The highest BCUT2D eigenvalue weighted by Gasteiger charge is 2.17. The first kappa shape index (κ1) is 21.9. The van der Waals surface area contributed by atoms with E-state index < -0.39 is 11.7 Å². The van der Waals surface area contributed by atoms with Crippen molar-refractivity contribution in [2.24, 2.45) is 5.92 Å². The fraction of sp³-hybridized carbons (Fsp3) is 0.333. The summed E-state index contributed by atoms with van der Waals surface area (Å²) in [5.41, 5.74) is 1.46. The highest BCUT2D eigenvalue weighted by molar-refractivity contribution is 9.10. The van der Waals surface area contributed by atoms with Gasteiger partial charge in [-0.3, -0.25) is 15.5 Å². The molecule has 3 N–H and O–H groups in total. The zero-order valence-corrected chi connectivity index (χ0v) is 17.8. The van der Waals surface area contributed by atoms with Crippen LogP contribution >= 0.6 is 15.9 Å². The Balaban J connectivity index is 2.16. The van der Waals surface area contributed by atoms with E-state index in [9.17, 15) is 9.18 Å². The largest absolute Gasteiger partial charge is 0.496 e. The molecule has 0 fully saturated rings. The number of ether oxygens (including phenoxy) is 1. The van der Waals surface area contributed by atoms with Gasteiger partial charge in [0.2, 0.25) is 0 Å². The first-order valence-electron chi connectivity index (χ1n) is 9.05. The van der Waals surface area contributed by atoms with Crippen LogP contribution in [0.1, 0.15) is 35.3 Å². The molecule has 1 amide bonds. The van der Waals surface area contributed by atoms with E-state index in [0.29, 0.717) is 36.6 Å². The van der Waals surface area contributed by atoms with Crippen molar-refractivity contribution >= 4 is 27.8 Å². The van der Waals surface area contributed by atoms with Crippen molar-refractivity contribution in [1.29, 1.82) is 5.41 Å². The molecule has 0 bridgehead atoms. The molecule has 0 atom stereocenters. The second-order valence-corrected chi connectivity index (χ2v) is 7.74. The molecule has 0 aliphatic heterocycles. The number of carbonyl (C=O) groups is 1. The summed E-state index contributed by atoms with van der Waals surface area (Å²) >= 11 is 3.43. The van der Waals surface area contributed by atoms with Gasteiger partial charge in [-0.25, -0.2) is 4.39 Å². The van der Waals surface area contributed by atoms with Crippen LogP contribution in [0.5, 0.6) is 5.75 Å². The van der Waals surface area contributed by atoms with Crippen molar-refractivity contribution in [3.8, 4) is 5.75 Å². The highest BCUT2D eigenvalue weighted by atomic mass is 79.9. The maximum absolute atomic E-state index is 14.5. The van der Waals surface area contributed by atoms with Crippen molar-refractivity contribution < 1.29 is 13.9 Å². The maximum Gasteiger partial charge on any atom is 0.258 e. The van der Waals surface area contributed by atoms with E-state index in [1.165, 1.54) is 12.1 Å². The van der Waals surface area contributed by atoms with Crippen molar-refractivity contribution in [3.05, 3.63) is 63.4 Å². The van der Waals surface area contributed by atoms with Crippen LogP contribution in [0.25, 0.3) is 0 Å². The number of carbonyl (C=O) groups excluding carboxylic acids is 1. The van der Waals surface area contributed by atoms with Gasteiger partial charge in [0.05, 0.1) is 7.11 Å². The number of halogens is 2. The molecule has 28 heavy (non-hydrogen) atoms. The summed E-state index contributed by atoms with van der Waals surface area (Å²) in [6, 6.07) is 10.0. The molecule has 2 aromatic rings. The van der Waals surface area contributed by atoms with Gasteiger partial charge in [-0.15, -0.1) is 0 Å². The molecule has 0 saturated carbocycles. The first-order chi connectivity index (χ1) is 13.3. The molecular formula is C21H25BrFN3O2. The maximum atomic E-state index is 14.5. The topological polar surface area (TPSA) is 74.2 Å². The SMILES string of the molecule is COc1ccc(Br)cc1CCc1c(F)cccc1C(=O)NC(=N)NCC(C)C. The summed E-state index contributed by atoms with van der Waals surface area (Å²) in [5.74, 6) is 0.00943. The lowest BCUT2D eigenvalue weighted by Crippen LogP contribution is -2.41. The summed E-state index contributed by atoms with van der Waals surface area (Å²) < 4.78 is 20.7. The monoisotopic (exact) mass is 449 g/mol. The molecule has 5 nitrogen and oxygen atoms in total. The van der Waals surface area contributed by atoms with E-state index in [1.807, 2.05) is 32.0 Å². The summed E-state index contributed by atoms with van der Waals surface area (Å²) in [6.45, 7) is 4.57. The van der Waals surface area contributed by atoms with Crippen molar-refractivity contribution in [2.45, 2.75) is 26.7 Å². The number of nitrogens with one attached hydrogen (secondary N) is 3. The van der Waals surface area contributed by atoms with Gasteiger partial charge >= 0.3 is 0 Å². The number of methoxy groups -OCH3 is 1. The lowest BCUT2D eigenvalue weighted by atomic mass is 9.98. The summed E-state index contributed by atoms with van der Waals surface area (Å²) in [6.07, 6.45) is 0.835. The fourth-order valence-electron chi connectivity index (χ4n) is 2.76. The molecule has 0 radical (unpaired) electrons. The van der Waals surface area contributed by atoms with E-state index in [0.717, 1.165) is 10.0 Å². The van der Waals surface area contributed by atoms with Crippen LogP contribution in [0.3, 0.4) is 0 Å². The number of rotatable bonds is 7. The molecule has 7 heteroatoms. The standard InChI is InChI=1S/C21H25BrFN3O2/c1-13(2)12-25-21(24)26-20(27)17-5-4-6-18(23)16(17)9-7-14-11-15(22)8-10-19(14)28-3/h4-6,8,10-11,13H,7,9,12H2,1-3H3,(H3,24,25,26,27). The Labute approximate surface area is 173 Å². The molecule has 0 saturated heterocycles. The minimum atomic E-state index is -0.503. The zero-order chi connectivity index (χ0) is 20.7. The summed E-state index contributed by atoms with van der Waals surface area (Å²) in [7, 11) is 1.59. The molecule has 0 aliphatic carbocycles. The van der Waals surface area contributed by atoms with Gasteiger partial charge in [-0.1, -0.05) is 35.8 Å². The molecule has 150 valence electrons. The average molecular weight is 450 g/mol. The van der Waals surface area contributed by atoms with E-state index in [4.69, 9.17) is 10.1 Å². The minimum Gasteiger partial charge on any atom is -0.496 e. The quantitative estimate of drug-likeness (QED) is 0.435. The molecule has 0 unspecified atom stereocenters. The van der Waals surface area contributed by atoms with Crippen molar-refractivity contribution in [3.63, 3.8) is 0 Å². The van der Waals surface area contributed by atoms with E-state index >= 15 is 0 Å². The van der Waals surface area contributed by atoms with Gasteiger partial charge in [0.25, 0.3) is 5.91 Å². The van der Waals surface area contributed by atoms with Crippen LogP contribution in [0.4, 0.5) is 4.39 Å². The number of guanidine groups is 1. The zero-order valence-electron chi connectivity index (χ0n) is 16.2. The van der Waals surface area contributed by atoms with Gasteiger partial charge in [0.15, 0.2) is 5.96 Å². The average Bonchev–Trinajstić information content (AvgIpc) is 2.65. The predicted molar refractivity (Wildman–Crippen MR) is 113 cm³/mol. The van der Waals surface area contributed by atoms with Crippen LogP contribution in [0.15, 0.2) is 40.9 Å². The molecule has 0 aromatic heterocycles. The van der Waals surface area contributed by atoms with E-state index in [-0.39, 0.29) is 11.5 Å². The summed E-state index contributed by atoms with van der Waals surface area (Å²) in [5, 5.41) is 13.2. The third-order valence-corrected chi connectivity index (χ3v) is 4.67. The third kappa shape index (κ3) is 6.05. The Bertz CT molecular complexity index is 856. The number of aryl methyl sites for hydroxylation is 1. The Hall–Kier alpha value is -2.41. The molecule has 0 spiro atoms. The van der Waals surface area contributed by atoms with Gasteiger partial charge in [0, 0.05) is 22.1 Å². The molecule has 2 rings (SSSR count). The molecule has 2 aromatic carbocycles. The number of amides is 1. The fourth-order valence-corrected chi connectivity index (χ4v) is 3.17. The van der Waals surface area contributed by atoms with Gasteiger partial charge in [0.1, 0.15) is 11.6 Å². The first-order valence-corrected chi connectivity index (χ1v) is 9.84. The smallest absolute Gasteiger partial charge is 0.258 e.